The van der Waals surface area contributed by atoms with Crippen LogP contribution in [0.2, 0.25) is 0 Å². The average molecular weight is 370 g/mol. The summed E-state index contributed by atoms with van der Waals surface area (Å²) in [5, 5.41) is 0. The Morgan fingerprint density at radius 1 is 1.08 bits per heavy atom. The van der Waals surface area contributed by atoms with Crippen LogP contribution in [0.5, 0.6) is 5.75 Å². The van der Waals surface area contributed by atoms with E-state index in [-0.39, 0.29) is 0 Å². The number of halogens is 2. The third kappa shape index (κ3) is 4.97. The predicted molar refractivity (Wildman–Crippen MR) is 86.2 cm³/mol. The van der Waals surface area contributed by atoms with Gasteiger partial charge in [0.2, 0.25) is 0 Å². The van der Waals surface area contributed by atoms with Gasteiger partial charge in [-0.05, 0) is 49.2 Å². The number of rotatable bonds is 6. The minimum Gasteiger partial charge on any atom is -0.484 e. The van der Waals surface area contributed by atoms with Crippen LogP contribution in [0.15, 0.2) is 41.3 Å². The summed E-state index contributed by atoms with van der Waals surface area (Å²) in [6.45, 7) is 3.24. The smallest absolute Gasteiger partial charge is 0.272 e. The van der Waals surface area contributed by atoms with Crippen molar-refractivity contribution in [3.63, 3.8) is 0 Å². The zero-order chi connectivity index (χ0) is 18.6. The number of benzene rings is 2. The minimum absolute atomic E-state index is 0.440. The van der Waals surface area contributed by atoms with Gasteiger partial charge in [0.1, 0.15) is 17.4 Å². The van der Waals surface area contributed by atoms with E-state index in [1.54, 1.807) is 17.0 Å². The summed E-state index contributed by atoms with van der Waals surface area (Å²) in [6.07, 6.45) is 0. The Kier molecular flexibility index (Phi) is 5.70. The van der Waals surface area contributed by atoms with Gasteiger partial charge in [0, 0.05) is 0 Å². The number of carbonyl (C=O) groups excluding carboxylic acids is 1. The molecule has 134 valence electrons. The van der Waals surface area contributed by atoms with E-state index in [0.29, 0.717) is 5.75 Å². The molecule has 0 spiro atoms. The van der Waals surface area contributed by atoms with Crippen LogP contribution in [0.4, 0.5) is 8.78 Å². The maximum atomic E-state index is 13.5. The van der Waals surface area contributed by atoms with Crippen molar-refractivity contribution in [2.75, 3.05) is 6.61 Å². The Morgan fingerprint density at radius 2 is 1.64 bits per heavy atom. The second-order valence-electron chi connectivity index (χ2n) is 5.32. The van der Waals surface area contributed by atoms with Gasteiger partial charge in [-0.15, -0.1) is 4.83 Å². The van der Waals surface area contributed by atoms with Gasteiger partial charge in [-0.25, -0.2) is 17.2 Å². The third-order valence-corrected chi connectivity index (χ3v) is 4.38. The fraction of sp³-hybridized carbons (Fsp3) is 0.188. The lowest BCUT2D eigenvalue weighted by atomic mass is 10.1. The van der Waals surface area contributed by atoms with Gasteiger partial charge >= 0.3 is 0 Å². The largest absolute Gasteiger partial charge is 0.484 e. The summed E-state index contributed by atoms with van der Waals surface area (Å²) in [5.74, 6) is -2.93. The fourth-order valence-corrected chi connectivity index (χ4v) is 3.12. The van der Waals surface area contributed by atoms with Crippen LogP contribution in [-0.2, 0) is 14.8 Å². The lowest BCUT2D eigenvalue weighted by molar-refractivity contribution is -0.123. The predicted octanol–water partition coefficient (Wildman–Crippen LogP) is 1.97. The monoisotopic (exact) mass is 370 g/mol. The lowest BCUT2D eigenvalue weighted by Crippen LogP contribution is -2.44. The molecule has 9 heteroatoms. The molecule has 0 aliphatic heterocycles. The summed E-state index contributed by atoms with van der Waals surface area (Å²) < 4.78 is 56.1. The number of amides is 1. The van der Waals surface area contributed by atoms with Crippen LogP contribution in [0.1, 0.15) is 11.1 Å². The van der Waals surface area contributed by atoms with E-state index >= 15 is 0 Å². The number of hydrazine groups is 1. The van der Waals surface area contributed by atoms with E-state index in [0.717, 1.165) is 29.3 Å². The molecule has 0 saturated carbocycles. The maximum Gasteiger partial charge on any atom is 0.272 e. The Labute approximate surface area is 143 Å². The van der Waals surface area contributed by atoms with Crippen molar-refractivity contribution in [1.82, 2.24) is 10.3 Å². The van der Waals surface area contributed by atoms with Gasteiger partial charge < -0.3 is 4.74 Å². The summed E-state index contributed by atoms with van der Waals surface area (Å²) in [4.78, 5) is 12.1. The molecule has 0 saturated heterocycles. The fourth-order valence-electron chi connectivity index (χ4n) is 2.12. The highest BCUT2D eigenvalue weighted by Crippen LogP contribution is 2.18. The van der Waals surface area contributed by atoms with Crippen molar-refractivity contribution >= 4 is 15.9 Å². The van der Waals surface area contributed by atoms with Crippen LogP contribution in [0.3, 0.4) is 0 Å². The molecular formula is C16H16F2N2O4S. The Bertz CT molecular complexity index is 861. The lowest BCUT2D eigenvalue weighted by Gasteiger charge is -2.11. The van der Waals surface area contributed by atoms with Crippen molar-refractivity contribution in [3.8, 4) is 5.75 Å². The van der Waals surface area contributed by atoms with Gasteiger partial charge in [-0.3, -0.25) is 10.2 Å². The van der Waals surface area contributed by atoms with E-state index in [2.05, 4.69) is 0 Å². The van der Waals surface area contributed by atoms with Crippen molar-refractivity contribution < 1.29 is 26.7 Å². The molecule has 0 heterocycles. The molecule has 0 aromatic heterocycles. The summed E-state index contributed by atoms with van der Waals surface area (Å²) >= 11 is 0. The molecule has 2 aromatic carbocycles. The van der Waals surface area contributed by atoms with Gasteiger partial charge in [0.25, 0.3) is 15.9 Å². The highest BCUT2D eigenvalue weighted by Gasteiger charge is 2.24. The van der Waals surface area contributed by atoms with Crippen molar-refractivity contribution in [1.29, 1.82) is 0 Å². The number of hydrogen-bond acceptors (Lipinski definition) is 4. The van der Waals surface area contributed by atoms with Crippen molar-refractivity contribution in [2.24, 2.45) is 0 Å². The molecule has 1 amide bonds. The molecule has 6 nitrogen and oxygen atoms in total. The molecule has 2 N–H and O–H groups in total. The second-order valence-corrected chi connectivity index (χ2v) is 6.94. The molecule has 0 radical (unpaired) electrons. The zero-order valence-electron chi connectivity index (χ0n) is 13.5. The minimum atomic E-state index is -4.60. The highest BCUT2D eigenvalue weighted by atomic mass is 32.2. The Morgan fingerprint density at radius 3 is 2.20 bits per heavy atom. The van der Waals surface area contributed by atoms with E-state index in [9.17, 15) is 22.0 Å². The van der Waals surface area contributed by atoms with Crippen LogP contribution >= 0.6 is 0 Å². The van der Waals surface area contributed by atoms with Crippen molar-refractivity contribution in [3.05, 3.63) is 59.2 Å². The molecule has 2 aromatic rings. The molecule has 0 aliphatic carbocycles. The van der Waals surface area contributed by atoms with Crippen LogP contribution in [-0.4, -0.2) is 20.9 Å². The van der Waals surface area contributed by atoms with Crippen LogP contribution in [0.25, 0.3) is 0 Å². The quantitative estimate of drug-likeness (QED) is 0.762. The summed E-state index contributed by atoms with van der Waals surface area (Å²) in [5.41, 5.74) is 3.71. The number of aryl methyl sites for hydroxylation is 2. The Balaban J connectivity index is 1.97. The molecule has 25 heavy (non-hydrogen) atoms. The number of nitrogens with one attached hydrogen (secondary N) is 2. The van der Waals surface area contributed by atoms with E-state index in [4.69, 9.17) is 4.74 Å². The molecule has 0 bridgehead atoms. The first-order valence-electron chi connectivity index (χ1n) is 7.15. The topological polar surface area (TPSA) is 84.5 Å². The van der Waals surface area contributed by atoms with Gasteiger partial charge in [0.15, 0.2) is 11.5 Å². The highest BCUT2D eigenvalue weighted by molar-refractivity contribution is 7.89. The SMILES string of the molecule is Cc1cc(C)cc(OCC(=O)NNS(=O)(=O)c2c(F)cccc2F)c1. The first-order valence-corrected chi connectivity index (χ1v) is 8.63. The average Bonchev–Trinajstić information content (AvgIpc) is 2.50. The van der Waals surface area contributed by atoms with Crippen molar-refractivity contribution in [2.45, 2.75) is 18.7 Å². The van der Waals surface area contributed by atoms with Crippen LogP contribution < -0.4 is 15.0 Å². The van der Waals surface area contributed by atoms with Gasteiger partial charge in [0.05, 0.1) is 0 Å². The van der Waals surface area contributed by atoms with E-state index in [1.807, 2.05) is 25.3 Å². The standard InChI is InChI=1S/C16H16F2N2O4S/c1-10-6-11(2)8-12(7-10)24-9-15(21)19-20-25(22,23)16-13(17)4-3-5-14(16)18/h3-8,20H,9H2,1-2H3,(H,19,21). The zero-order valence-corrected chi connectivity index (χ0v) is 14.3. The molecule has 0 fully saturated rings. The third-order valence-electron chi connectivity index (χ3n) is 3.08. The molecular weight excluding hydrogens is 354 g/mol. The van der Waals surface area contributed by atoms with Gasteiger partial charge in [-0.1, -0.05) is 12.1 Å². The van der Waals surface area contributed by atoms with Crippen LogP contribution in [0, 0.1) is 25.5 Å². The molecule has 0 unspecified atom stereocenters. The number of ether oxygens (including phenoxy) is 1. The van der Waals surface area contributed by atoms with Gasteiger partial charge in [-0.2, -0.15) is 0 Å². The Hall–Kier alpha value is -2.52. The molecule has 0 aliphatic rings. The first kappa shape index (κ1) is 18.8. The molecule has 0 atom stereocenters. The van der Waals surface area contributed by atoms with E-state index < -0.39 is 39.1 Å². The summed E-state index contributed by atoms with van der Waals surface area (Å²) in [6, 6.07) is 7.95. The number of sulfonamides is 1. The normalized spacial score (nSPS) is 11.2. The first-order chi connectivity index (χ1) is 11.7. The molecule has 2 rings (SSSR count). The maximum absolute atomic E-state index is 13.5. The number of hydrogen-bond donors (Lipinski definition) is 2. The second kappa shape index (κ2) is 7.58. The summed E-state index contributed by atoms with van der Waals surface area (Å²) in [7, 11) is -4.60. The van der Waals surface area contributed by atoms with E-state index in [1.165, 1.54) is 0 Å². The number of carbonyl (C=O) groups is 1.